The fourth-order valence-corrected chi connectivity index (χ4v) is 2.65. The normalized spacial score (nSPS) is 22.3. The topological polar surface area (TPSA) is 38.3 Å². The number of carbonyl (C=O) groups is 1. The number of amides is 1. The highest BCUT2D eigenvalue weighted by Crippen LogP contribution is 2.30. The van der Waals surface area contributed by atoms with Crippen molar-refractivity contribution < 1.29 is 13.9 Å². The summed E-state index contributed by atoms with van der Waals surface area (Å²) >= 11 is 0. The van der Waals surface area contributed by atoms with Gasteiger partial charge in [0.2, 0.25) is 0 Å². The van der Waals surface area contributed by atoms with Crippen molar-refractivity contribution in [2.75, 3.05) is 13.7 Å². The number of hydrogen-bond acceptors (Lipinski definition) is 2. The molecule has 19 heavy (non-hydrogen) atoms. The Kier molecular flexibility index (Phi) is 4.40. The molecule has 1 aromatic rings. The number of benzene rings is 1. The minimum atomic E-state index is -0.545. The zero-order chi connectivity index (χ0) is 13.8. The van der Waals surface area contributed by atoms with E-state index in [0.29, 0.717) is 24.1 Å². The Morgan fingerprint density at radius 3 is 2.84 bits per heavy atom. The third kappa shape index (κ3) is 3.25. The van der Waals surface area contributed by atoms with Gasteiger partial charge in [-0.2, -0.15) is 0 Å². The van der Waals surface area contributed by atoms with Gasteiger partial charge in [-0.15, -0.1) is 0 Å². The van der Waals surface area contributed by atoms with Crippen LogP contribution in [0.1, 0.15) is 36.5 Å². The molecule has 0 aromatic heterocycles. The number of hydrogen-bond donors (Lipinski definition) is 1. The third-order valence-corrected chi connectivity index (χ3v) is 3.98. The molecule has 1 aromatic carbocycles. The summed E-state index contributed by atoms with van der Waals surface area (Å²) in [7, 11) is 1.47. The lowest BCUT2D eigenvalue weighted by atomic mass is 9.98. The molecular formula is C15H20FNO2. The van der Waals surface area contributed by atoms with Gasteiger partial charge in [-0.3, -0.25) is 4.79 Å². The van der Waals surface area contributed by atoms with Crippen LogP contribution < -0.4 is 10.1 Å². The average molecular weight is 265 g/mol. The van der Waals surface area contributed by atoms with Crippen LogP contribution in [0.2, 0.25) is 0 Å². The Morgan fingerprint density at radius 2 is 2.26 bits per heavy atom. The van der Waals surface area contributed by atoms with Crippen molar-refractivity contribution in [1.29, 1.82) is 0 Å². The molecule has 2 unspecified atom stereocenters. The molecule has 0 radical (unpaired) electrons. The van der Waals surface area contributed by atoms with Crippen molar-refractivity contribution in [3.8, 4) is 5.75 Å². The first kappa shape index (κ1) is 13.8. The lowest BCUT2D eigenvalue weighted by Gasteiger charge is -2.16. The summed E-state index contributed by atoms with van der Waals surface area (Å²) in [6.45, 7) is 2.84. The van der Waals surface area contributed by atoms with Crippen molar-refractivity contribution in [2.45, 2.75) is 26.2 Å². The second-order valence-electron chi connectivity index (χ2n) is 5.22. The molecule has 1 amide bonds. The number of halogens is 1. The van der Waals surface area contributed by atoms with E-state index in [-0.39, 0.29) is 11.5 Å². The van der Waals surface area contributed by atoms with Gasteiger partial charge in [0, 0.05) is 12.6 Å². The standard InChI is InChI=1S/C15H20FNO2/c1-10-4-3-5-11(10)9-17-15(18)13-7-6-12(19-2)8-14(13)16/h6-8,10-11H,3-5,9H2,1-2H3,(H,17,18). The van der Waals surface area contributed by atoms with Crippen LogP contribution in [0.4, 0.5) is 4.39 Å². The van der Waals surface area contributed by atoms with E-state index in [1.54, 1.807) is 6.07 Å². The van der Waals surface area contributed by atoms with E-state index in [1.807, 2.05) is 0 Å². The Bertz CT molecular complexity index is 461. The van der Waals surface area contributed by atoms with Gasteiger partial charge in [0.25, 0.3) is 5.91 Å². The van der Waals surface area contributed by atoms with Crippen LogP contribution in [-0.4, -0.2) is 19.6 Å². The smallest absolute Gasteiger partial charge is 0.254 e. The fraction of sp³-hybridized carbons (Fsp3) is 0.533. The van der Waals surface area contributed by atoms with Gasteiger partial charge < -0.3 is 10.1 Å². The predicted octanol–water partition coefficient (Wildman–Crippen LogP) is 3.00. The van der Waals surface area contributed by atoms with E-state index in [9.17, 15) is 9.18 Å². The molecule has 0 saturated heterocycles. The van der Waals surface area contributed by atoms with Crippen LogP contribution in [0.5, 0.6) is 5.75 Å². The summed E-state index contributed by atoms with van der Waals surface area (Å²) in [4.78, 5) is 11.9. The van der Waals surface area contributed by atoms with Crippen molar-refractivity contribution in [2.24, 2.45) is 11.8 Å². The first-order valence-electron chi connectivity index (χ1n) is 6.73. The minimum Gasteiger partial charge on any atom is -0.497 e. The largest absolute Gasteiger partial charge is 0.497 e. The second kappa shape index (κ2) is 6.04. The lowest BCUT2D eigenvalue weighted by molar-refractivity contribution is 0.0940. The molecule has 0 aliphatic heterocycles. The molecule has 1 aliphatic carbocycles. The summed E-state index contributed by atoms with van der Waals surface area (Å²) in [6.07, 6.45) is 3.59. The SMILES string of the molecule is COc1ccc(C(=O)NCC2CCCC2C)c(F)c1. The zero-order valence-corrected chi connectivity index (χ0v) is 11.4. The Morgan fingerprint density at radius 1 is 1.47 bits per heavy atom. The van der Waals surface area contributed by atoms with Crippen molar-refractivity contribution in [3.05, 3.63) is 29.6 Å². The molecule has 1 aliphatic rings. The van der Waals surface area contributed by atoms with Gasteiger partial charge in [-0.05, 0) is 30.4 Å². The Hall–Kier alpha value is -1.58. The van der Waals surface area contributed by atoms with Gasteiger partial charge in [0.1, 0.15) is 11.6 Å². The summed E-state index contributed by atoms with van der Waals surface area (Å²) < 4.78 is 18.6. The van der Waals surface area contributed by atoms with Gasteiger partial charge >= 0.3 is 0 Å². The highest BCUT2D eigenvalue weighted by atomic mass is 19.1. The first-order chi connectivity index (χ1) is 9.11. The number of rotatable bonds is 4. The lowest BCUT2D eigenvalue weighted by Crippen LogP contribution is -2.30. The van der Waals surface area contributed by atoms with Crippen LogP contribution in [-0.2, 0) is 0 Å². The van der Waals surface area contributed by atoms with Crippen molar-refractivity contribution in [3.63, 3.8) is 0 Å². The van der Waals surface area contributed by atoms with Gasteiger partial charge in [0.15, 0.2) is 0 Å². The van der Waals surface area contributed by atoms with Gasteiger partial charge in [0.05, 0.1) is 12.7 Å². The van der Waals surface area contributed by atoms with E-state index in [0.717, 1.165) is 6.42 Å². The van der Waals surface area contributed by atoms with E-state index in [2.05, 4.69) is 12.2 Å². The molecule has 4 heteroatoms. The van der Waals surface area contributed by atoms with Crippen LogP contribution in [0.15, 0.2) is 18.2 Å². The van der Waals surface area contributed by atoms with Gasteiger partial charge in [-0.25, -0.2) is 4.39 Å². The number of carbonyl (C=O) groups excluding carboxylic acids is 1. The molecule has 0 bridgehead atoms. The van der Waals surface area contributed by atoms with E-state index < -0.39 is 5.82 Å². The minimum absolute atomic E-state index is 0.0754. The molecule has 1 saturated carbocycles. The molecule has 1 fully saturated rings. The van der Waals surface area contributed by atoms with Crippen LogP contribution in [0, 0.1) is 17.7 Å². The molecule has 3 nitrogen and oxygen atoms in total. The number of nitrogens with one attached hydrogen (secondary N) is 1. The number of ether oxygens (including phenoxy) is 1. The molecule has 0 spiro atoms. The molecular weight excluding hydrogens is 245 g/mol. The molecule has 0 heterocycles. The third-order valence-electron chi connectivity index (χ3n) is 3.98. The summed E-state index contributed by atoms with van der Waals surface area (Å²) in [5.41, 5.74) is 0.0754. The Labute approximate surface area is 113 Å². The maximum absolute atomic E-state index is 13.7. The maximum Gasteiger partial charge on any atom is 0.254 e. The van der Waals surface area contributed by atoms with E-state index in [4.69, 9.17) is 4.74 Å². The fourth-order valence-electron chi connectivity index (χ4n) is 2.65. The van der Waals surface area contributed by atoms with E-state index in [1.165, 1.54) is 32.1 Å². The first-order valence-corrected chi connectivity index (χ1v) is 6.73. The molecule has 104 valence electrons. The summed E-state index contributed by atoms with van der Waals surface area (Å²) in [6, 6.07) is 4.28. The maximum atomic E-state index is 13.7. The quantitative estimate of drug-likeness (QED) is 0.908. The van der Waals surface area contributed by atoms with Crippen molar-refractivity contribution >= 4 is 5.91 Å². The highest BCUT2D eigenvalue weighted by molar-refractivity contribution is 5.94. The molecule has 2 rings (SSSR count). The predicted molar refractivity (Wildman–Crippen MR) is 71.8 cm³/mol. The number of methoxy groups -OCH3 is 1. The molecule has 1 N–H and O–H groups in total. The van der Waals surface area contributed by atoms with E-state index >= 15 is 0 Å². The average Bonchev–Trinajstić information content (AvgIpc) is 2.81. The Balaban J connectivity index is 1.96. The summed E-state index contributed by atoms with van der Waals surface area (Å²) in [5.74, 6) is 0.681. The van der Waals surface area contributed by atoms with Crippen LogP contribution in [0.3, 0.4) is 0 Å². The van der Waals surface area contributed by atoms with Crippen LogP contribution >= 0.6 is 0 Å². The highest BCUT2D eigenvalue weighted by Gasteiger charge is 2.24. The molecule has 2 atom stereocenters. The van der Waals surface area contributed by atoms with Crippen molar-refractivity contribution in [1.82, 2.24) is 5.32 Å². The second-order valence-corrected chi connectivity index (χ2v) is 5.22. The zero-order valence-electron chi connectivity index (χ0n) is 11.4. The summed E-state index contributed by atoms with van der Waals surface area (Å²) in [5, 5.41) is 2.83. The monoisotopic (exact) mass is 265 g/mol. The van der Waals surface area contributed by atoms with Gasteiger partial charge in [-0.1, -0.05) is 19.8 Å². The van der Waals surface area contributed by atoms with Crippen LogP contribution in [0.25, 0.3) is 0 Å².